The number of fused-ring (bicyclic) bond motifs is 1. The second-order valence-electron chi connectivity index (χ2n) is 9.24. The highest BCUT2D eigenvalue weighted by atomic mass is 32.2. The Balaban J connectivity index is 1.20. The number of hydrogen-bond donors (Lipinski definition) is 0. The highest BCUT2D eigenvalue weighted by molar-refractivity contribution is 7.89. The van der Waals surface area contributed by atoms with Gasteiger partial charge in [0.25, 0.3) is 0 Å². The maximum atomic E-state index is 13.2. The summed E-state index contributed by atoms with van der Waals surface area (Å²) in [7, 11) is -1.47. The van der Waals surface area contributed by atoms with E-state index in [-0.39, 0.29) is 11.9 Å². The average Bonchev–Trinajstić information content (AvgIpc) is 3.54. The van der Waals surface area contributed by atoms with E-state index < -0.39 is 10.0 Å². The third-order valence-electron chi connectivity index (χ3n) is 7.33. The maximum absolute atomic E-state index is 13.2. The smallest absolute Gasteiger partial charge is 0.243 e. The largest absolute Gasteiger partial charge is 0.353 e. The molecule has 172 valence electrons. The van der Waals surface area contributed by atoms with Gasteiger partial charge in [-0.25, -0.2) is 8.42 Å². The molecule has 1 aromatic carbocycles. The van der Waals surface area contributed by atoms with Crippen molar-refractivity contribution in [1.29, 1.82) is 0 Å². The Morgan fingerprint density at radius 1 is 1.00 bits per heavy atom. The summed E-state index contributed by atoms with van der Waals surface area (Å²) in [6.07, 6.45) is 7.31. The van der Waals surface area contributed by atoms with Gasteiger partial charge >= 0.3 is 0 Å². The van der Waals surface area contributed by atoms with Crippen molar-refractivity contribution in [3.8, 4) is 0 Å². The zero-order chi connectivity index (χ0) is 22.3. The summed E-state index contributed by atoms with van der Waals surface area (Å²) < 4.78 is 30.0. The van der Waals surface area contributed by atoms with Gasteiger partial charge in [-0.2, -0.15) is 4.31 Å². The zero-order valence-electron chi connectivity index (χ0n) is 18.7. The molecule has 7 nitrogen and oxygen atoms in total. The van der Waals surface area contributed by atoms with Crippen LogP contribution in [0.5, 0.6) is 0 Å². The lowest BCUT2D eigenvalue weighted by Crippen LogP contribution is -2.52. The number of likely N-dealkylation sites (tertiary alicyclic amines) is 1. The van der Waals surface area contributed by atoms with Gasteiger partial charge in [0.05, 0.1) is 17.5 Å². The Labute approximate surface area is 190 Å². The van der Waals surface area contributed by atoms with Gasteiger partial charge in [0.1, 0.15) is 0 Å². The van der Waals surface area contributed by atoms with Crippen LogP contribution < -0.4 is 0 Å². The van der Waals surface area contributed by atoms with E-state index in [2.05, 4.69) is 15.5 Å². The van der Waals surface area contributed by atoms with E-state index in [9.17, 15) is 13.2 Å². The van der Waals surface area contributed by atoms with Crippen LogP contribution >= 0.6 is 0 Å². The van der Waals surface area contributed by atoms with Gasteiger partial charge in [-0.3, -0.25) is 9.69 Å². The number of aromatic nitrogens is 1. The molecule has 8 heteroatoms. The minimum Gasteiger partial charge on any atom is -0.353 e. The molecule has 1 atom stereocenters. The summed E-state index contributed by atoms with van der Waals surface area (Å²) >= 11 is 0. The molecule has 2 aromatic rings. The van der Waals surface area contributed by atoms with Crippen molar-refractivity contribution < 1.29 is 13.2 Å². The minimum absolute atomic E-state index is 0.0979. The Hall–Kier alpha value is -2.16. The minimum atomic E-state index is -3.52. The van der Waals surface area contributed by atoms with Crippen molar-refractivity contribution in [1.82, 2.24) is 18.7 Å². The van der Waals surface area contributed by atoms with Crippen LogP contribution in [0.25, 0.3) is 0 Å². The SMILES string of the molecule is Cn1cccc1C1CCCN1CC(=O)N1CCN(S(=O)(=O)c2ccc3c(c2)CCC3)CC1. The first kappa shape index (κ1) is 21.7. The van der Waals surface area contributed by atoms with Crippen molar-refractivity contribution in [2.75, 3.05) is 39.3 Å². The molecular weight excluding hydrogens is 424 g/mol. The second kappa shape index (κ2) is 8.65. The molecule has 1 amide bonds. The number of rotatable bonds is 5. The van der Waals surface area contributed by atoms with Crippen molar-refractivity contribution in [3.63, 3.8) is 0 Å². The van der Waals surface area contributed by atoms with Crippen LogP contribution in [0, 0.1) is 0 Å². The monoisotopic (exact) mass is 456 g/mol. The summed E-state index contributed by atoms with van der Waals surface area (Å²) in [5.74, 6) is 0.0979. The molecule has 2 fully saturated rings. The van der Waals surface area contributed by atoms with Crippen molar-refractivity contribution in [2.45, 2.75) is 43.0 Å². The van der Waals surface area contributed by atoms with Crippen LogP contribution in [0.4, 0.5) is 0 Å². The molecule has 32 heavy (non-hydrogen) atoms. The summed E-state index contributed by atoms with van der Waals surface area (Å²) in [6, 6.07) is 10.0. The van der Waals surface area contributed by atoms with E-state index in [0.717, 1.165) is 38.6 Å². The van der Waals surface area contributed by atoms with Crippen LogP contribution in [0.1, 0.15) is 42.1 Å². The fourth-order valence-corrected chi connectivity index (χ4v) is 6.95. The molecule has 1 unspecified atom stereocenters. The number of nitrogens with zero attached hydrogens (tertiary/aromatic N) is 4. The number of aryl methyl sites for hydroxylation is 3. The lowest BCUT2D eigenvalue weighted by Gasteiger charge is -2.35. The van der Waals surface area contributed by atoms with E-state index in [4.69, 9.17) is 0 Å². The first-order chi connectivity index (χ1) is 15.4. The Bertz CT molecular complexity index is 1100. The van der Waals surface area contributed by atoms with Crippen molar-refractivity contribution >= 4 is 15.9 Å². The zero-order valence-corrected chi connectivity index (χ0v) is 19.6. The lowest BCUT2D eigenvalue weighted by molar-refractivity contribution is -0.133. The van der Waals surface area contributed by atoms with Gasteiger partial charge in [-0.15, -0.1) is 0 Å². The average molecular weight is 457 g/mol. The highest BCUT2D eigenvalue weighted by Gasteiger charge is 2.33. The topological polar surface area (TPSA) is 65.9 Å². The number of carbonyl (C=O) groups excluding carboxylic acids is 1. The first-order valence-corrected chi connectivity index (χ1v) is 13.1. The van der Waals surface area contributed by atoms with E-state index >= 15 is 0 Å². The van der Waals surface area contributed by atoms with Crippen LogP contribution in [-0.4, -0.2) is 72.3 Å². The number of sulfonamides is 1. The molecule has 0 N–H and O–H groups in total. The predicted molar refractivity (Wildman–Crippen MR) is 123 cm³/mol. The standard InChI is InChI=1S/C24H32N4O3S/c1-25-11-3-7-22(25)23-8-4-12-27(23)18-24(29)26-13-15-28(16-14-26)32(30,31)21-10-9-19-5-2-6-20(19)17-21/h3,7,9-11,17,23H,2,4-6,8,12-16,18H2,1H3. The van der Waals surface area contributed by atoms with Crippen LogP contribution in [0.15, 0.2) is 41.4 Å². The van der Waals surface area contributed by atoms with Gasteiger partial charge < -0.3 is 9.47 Å². The summed E-state index contributed by atoms with van der Waals surface area (Å²) in [5, 5.41) is 0. The maximum Gasteiger partial charge on any atom is 0.243 e. The molecule has 3 heterocycles. The van der Waals surface area contributed by atoms with E-state index in [1.165, 1.54) is 21.1 Å². The van der Waals surface area contributed by atoms with Gasteiger partial charge in [-0.05, 0) is 74.0 Å². The number of benzene rings is 1. The fraction of sp³-hybridized carbons (Fsp3) is 0.542. The molecular formula is C24H32N4O3S. The predicted octanol–water partition coefficient (Wildman–Crippen LogP) is 2.18. The molecule has 2 saturated heterocycles. The van der Waals surface area contributed by atoms with Crippen molar-refractivity contribution in [2.24, 2.45) is 7.05 Å². The van der Waals surface area contributed by atoms with Gasteiger partial charge in [0.2, 0.25) is 15.9 Å². The van der Waals surface area contributed by atoms with E-state index in [1.807, 2.05) is 36.3 Å². The molecule has 0 bridgehead atoms. The Morgan fingerprint density at radius 3 is 2.53 bits per heavy atom. The highest BCUT2D eigenvalue weighted by Crippen LogP contribution is 2.32. The van der Waals surface area contributed by atoms with Gasteiger partial charge in [0, 0.05) is 45.1 Å². The molecule has 1 aliphatic carbocycles. The van der Waals surface area contributed by atoms with E-state index in [1.54, 1.807) is 6.07 Å². The molecule has 0 spiro atoms. The third kappa shape index (κ3) is 4.00. The number of hydrogen-bond acceptors (Lipinski definition) is 4. The Kier molecular flexibility index (Phi) is 5.86. The summed E-state index contributed by atoms with van der Waals surface area (Å²) in [5.41, 5.74) is 3.69. The van der Waals surface area contributed by atoms with Crippen LogP contribution in [-0.2, 0) is 34.7 Å². The lowest BCUT2D eigenvalue weighted by atomic mass is 10.1. The molecule has 2 aliphatic heterocycles. The number of amides is 1. The summed E-state index contributed by atoms with van der Waals surface area (Å²) in [6.45, 7) is 2.93. The first-order valence-electron chi connectivity index (χ1n) is 11.7. The Morgan fingerprint density at radius 2 is 1.78 bits per heavy atom. The normalized spacial score (nSPS) is 22.4. The van der Waals surface area contributed by atoms with Crippen molar-refractivity contribution in [3.05, 3.63) is 53.3 Å². The van der Waals surface area contributed by atoms with E-state index in [0.29, 0.717) is 37.6 Å². The number of carbonyl (C=O) groups is 1. The molecule has 1 aromatic heterocycles. The van der Waals surface area contributed by atoms with Gasteiger partial charge in [0.15, 0.2) is 0 Å². The molecule has 0 radical (unpaired) electrons. The molecule has 5 rings (SSSR count). The van der Waals surface area contributed by atoms with Gasteiger partial charge in [-0.1, -0.05) is 6.07 Å². The number of piperazine rings is 1. The molecule has 3 aliphatic rings. The second-order valence-corrected chi connectivity index (χ2v) is 11.2. The summed E-state index contributed by atoms with van der Waals surface area (Å²) in [4.78, 5) is 17.5. The van der Waals surface area contributed by atoms with Crippen LogP contribution in [0.2, 0.25) is 0 Å². The third-order valence-corrected chi connectivity index (χ3v) is 9.22. The van der Waals surface area contributed by atoms with Crippen LogP contribution in [0.3, 0.4) is 0 Å². The fourth-order valence-electron chi connectivity index (χ4n) is 5.48. The quantitative estimate of drug-likeness (QED) is 0.692. The molecule has 0 saturated carbocycles.